The van der Waals surface area contributed by atoms with Gasteiger partial charge in [-0.3, -0.25) is 24.5 Å². The summed E-state index contributed by atoms with van der Waals surface area (Å²) in [5.41, 5.74) is -0.500. The van der Waals surface area contributed by atoms with Crippen LogP contribution in [0.25, 0.3) is 11.2 Å². The monoisotopic (exact) mass is 505 g/mol. The molecule has 4 unspecified atom stereocenters. The highest BCUT2D eigenvalue weighted by molar-refractivity contribution is 7.98. The third-order valence-corrected chi connectivity index (χ3v) is 9.13. The summed E-state index contributed by atoms with van der Waals surface area (Å²) in [6, 6.07) is 0. The van der Waals surface area contributed by atoms with E-state index in [0.29, 0.717) is 48.8 Å². The van der Waals surface area contributed by atoms with Crippen molar-refractivity contribution in [2.45, 2.75) is 101 Å². The molecule has 3 N–H and O–H groups in total. The van der Waals surface area contributed by atoms with Gasteiger partial charge in [0.1, 0.15) is 5.82 Å². The second-order valence-electron chi connectivity index (χ2n) is 10.1. The number of thioether (sulfide) groups is 1. The third-order valence-electron chi connectivity index (χ3n) is 8.17. The van der Waals surface area contributed by atoms with Crippen molar-refractivity contribution in [3.63, 3.8) is 0 Å². The minimum atomic E-state index is -0.712. The molecule has 0 bridgehead atoms. The van der Waals surface area contributed by atoms with E-state index in [0.717, 1.165) is 37.9 Å². The van der Waals surface area contributed by atoms with Crippen LogP contribution in [0.1, 0.15) is 71.0 Å². The van der Waals surface area contributed by atoms with Crippen molar-refractivity contribution in [3.05, 3.63) is 26.7 Å². The summed E-state index contributed by atoms with van der Waals surface area (Å²) >= 11 is 1.58. The molecule has 0 radical (unpaired) electrons. The molecular formula is C24H35N5O5S. The molecule has 2 aromatic heterocycles. The zero-order chi connectivity index (χ0) is 24.7. The van der Waals surface area contributed by atoms with Gasteiger partial charge in [0.2, 0.25) is 0 Å². The number of unbranched alkanes of at least 4 members (excludes halogenated alkanes) is 1. The van der Waals surface area contributed by atoms with Gasteiger partial charge in [-0.25, -0.2) is 9.78 Å². The molecule has 3 fully saturated rings. The lowest BCUT2D eigenvalue weighted by atomic mass is 9.61. The van der Waals surface area contributed by atoms with Crippen molar-refractivity contribution in [2.24, 2.45) is 11.8 Å². The van der Waals surface area contributed by atoms with Crippen LogP contribution >= 0.6 is 11.8 Å². The van der Waals surface area contributed by atoms with Crippen molar-refractivity contribution < 1.29 is 14.6 Å². The van der Waals surface area contributed by atoms with Crippen LogP contribution in [0.15, 0.2) is 9.59 Å². The number of rotatable bonds is 9. The van der Waals surface area contributed by atoms with Crippen LogP contribution in [0.2, 0.25) is 0 Å². The van der Waals surface area contributed by atoms with Crippen LogP contribution in [-0.4, -0.2) is 47.4 Å². The Hall–Kier alpha value is -2.11. The fourth-order valence-corrected chi connectivity index (χ4v) is 7.14. The first-order valence-corrected chi connectivity index (χ1v) is 13.9. The SMILES string of the molecule is CCCCn1c(=O)[nH]c(=O)c2c1nc(CSC1NC3(C4CCC4)CC(C(=O)O)CCC3O1)n2CC. The molecule has 1 aliphatic heterocycles. The molecular weight excluding hydrogens is 470 g/mol. The van der Waals surface area contributed by atoms with E-state index in [9.17, 15) is 19.5 Å². The van der Waals surface area contributed by atoms with Crippen molar-refractivity contribution >= 4 is 28.9 Å². The zero-order valence-corrected chi connectivity index (χ0v) is 21.2. The van der Waals surface area contributed by atoms with Gasteiger partial charge in [-0.15, -0.1) is 11.8 Å². The maximum atomic E-state index is 12.7. The van der Waals surface area contributed by atoms with E-state index in [4.69, 9.17) is 9.72 Å². The van der Waals surface area contributed by atoms with Gasteiger partial charge in [-0.05, 0) is 51.4 Å². The number of aromatic nitrogens is 4. The van der Waals surface area contributed by atoms with Gasteiger partial charge in [0, 0.05) is 13.1 Å². The number of aryl methyl sites for hydroxylation is 2. The number of nitrogens with zero attached hydrogens (tertiary/aromatic N) is 3. The van der Waals surface area contributed by atoms with Crippen LogP contribution in [0.5, 0.6) is 0 Å². The lowest BCUT2D eigenvalue weighted by Gasteiger charge is -2.49. The lowest BCUT2D eigenvalue weighted by molar-refractivity contribution is -0.145. The number of ether oxygens (including phenoxy) is 1. The molecule has 10 nitrogen and oxygen atoms in total. The molecule has 2 aliphatic carbocycles. The Bertz CT molecular complexity index is 1220. The number of aliphatic carboxylic acids is 1. The quantitative estimate of drug-likeness (QED) is 0.474. The molecule has 11 heteroatoms. The summed E-state index contributed by atoms with van der Waals surface area (Å²) in [5.74, 6) is 0.651. The highest BCUT2D eigenvalue weighted by atomic mass is 32.2. The van der Waals surface area contributed by atoms with E-state index in [1.165, 1.54) is 6.42 Å². The average Bonchev–Trinajstić information content (AvgIpc) is 3.34. The number of aromatic amines is 1. The number of carboxylic acid groups (broad SMARTS) is 1. The van der Waals surface area contributed by atoms with Crippen molar-refractivity contribution in [1.29, 1.82) is 0 Å². The van der Waals surface area contributed by atoms with E-state index in [1.54, 1.807) is 16.3 Å². The molecule has 2 saturated carbocycles. The van der Waals surface area contributed by atoms with E-state index >= 15 is 0 Å². The van der Waals surface area contributed by atoms with E-state index < -0.39 is 17.2 Å². The highest BCUT2D eigenvalue weighted by Gasteiger charge is 2.57. The summed E-state index contributed by atoms with van der Waals surface area (Å²) in [7, 11) is 0. The Balaban J connectivity index is 1.39. The summed E-state index contributed by atoms with van der Waals surface area (Å²) < 4.78 is 9.89. The third kappa shape index (κ3) is 4.25. The number of hydrogen-bond donors (Lipinski definition) is 3. The average molecular weight is 506 g/mol. The predicted molar refractivity (Wildman–Crippen MR) is 133 cm³/mol. The second kappa shape index (κ2) is 9.74. The molecule has 3 aliphatic rings. The molecule has 2 aromatic rings. The van der Waals surface area contributed by atoms with Gasteiger partial charge >= 0.3 is 11.7 Å². The Morgan fingerprint density at radius 3 is 2.69 bits per heavy atom. The molecule has 192 valence electrons. The number of carbonyl (C=O) groups is 1. The van der Waals surface area contributed by atoms with Crippen LogP contribution in [0.4, 0.5) is 0 Å². The summed E-state index contributed by atoms with van der Waals surface area (Å²) in [5, 5.41) is 13.4. The summed E-state index contributed by atoms with van der Waals surface area (Å²) in [6.07, 6.45) is 7.20. The first kappa shape index (κ1) is 24.6. The Morgan fingerprint density at radius 2 is 2.03 bits per heavy atom. The van der Waals surface area contributed by atoms with Crippen LogP contribution < -0.4 is 16.6 Å². The molecule has 4 atom stereocenters. The lowest BCUT2D eigenvalue weighted by Crippen LogP contribution is -2.60. The summed E-state index contributed by atoms with van der Waals surface area (Å²) in [4.78, 5) is 44.1. The highest BCUT2D eigenvalue weighted by Crippen LogP contribution is 2.51. The van der Waals surface area contributed by atoms with Gasteiger partial charge < -0.3 is 14.4 Å². The van der Waals surface area contributed by atoms with E-state index in [1.807, 2.05) is 11.5 Å². The van der Waals surface area contributed by atoms with Gasteiger partial charge in [0.25, 0.3) is 5.56 Å². The predicted octanol–water partition coefficient (Wildman–Crippen LogP) is 2.64. The number of hydrogen-bond acceptors (Lipinski definition) is 7. The number of carboxylic acids is 1. The largest absolute Gasteiger partial charge is 0.481 e. The van der Waals surface area contributed by atoms with E-state index in [2.05, 4.69) is 17.2 Å². The normalized spacial score (nSPS) is 28.8. The molecule has 0 aromatic carbocycles. The smallest absolute Gasteiger partial charge is 0.330 e. The topological polar surface area (TPSA) is 131 Å². The minimum Gasteiger partial charge on any atom is -0.481 e. The number of imidazole rings is 1. The second-order valence-corrected chi connectivity index (χ2v) is 11.2. The van der Waals surface area contributed by atoms with Crippen molar-refractivity contribution in [2.75, 3.05) is 0 Å². The maximum absolute atomic E-state index is 12.7. The van der Waals surface area contributed by atoms with Crippen LogP contribution in [0.3, 0.4) is 0 Å². The van der Waals surface area contributed by atoms with Crippen LogP contribution in [-0.2, 0) is 28.4 Å². The first-order valence-electron chi connectivity index (χ1n) is 12.9. The van der Waals surface area contributed by atoms with Gasteiger partial charge in [0.05, 0.1) is 23.3 Å². The van der Waals surface area contributed by atoms with Gasteiger partial charge in [-0.1, -0.05) is 19.8 Å². The molecule has 0 amide bonds. The van der Waals surface area contributed by atoms with Gasteiger partial charge in [-0.2, -0.15) is 0 Å². The zero-order valence-electron chi connectivity index (χ0n) is 20.4. The molecule has 3 heterocycles. The number of fused-ring (bicyclic) bond motifs is 2. The number of H-pyrrole nitrogens is 1. The Kier molecular flexibility index (Phi) is 6.84. The Labute approximate surface area is 207 Å². The van der Waals surface area contributed by atoms with Crippen LogP contribution in [0, 0.1) is 11.8 Å². The molecule has 5 rings (SSSR count). The first-order chi connectivity index (χ1) is 16.9. The standard InChI is InChI=1S/C24H35N5O5S/c1-3-5-11-29-19-18(20(30)26-22(29)33)28(4-2)17(25-19)13-35-23-27-24(15-7-6-8-15)12-14(21(31)32)9-10-16(24)34-23/h14-16,23,27H,3-13H2,1-2H3,(H,31,32)(H,26,30,33). The van der Waals surface area contributed by atoms with E-state index in [-0.39, 0.29) is 23.1 Å². The number of nitrogens with one attached hydrogen (secondary N) is 2. The van der Waals surface area contributed by atoms with Gasteiger partial charge in [0.15, 0.2) is 16.7 Å². The van der Waals surface area contributed by atoms with Crippen molar-refractivity contribution in [1.82, 2.24) is 24.4 Å². The fourth-order valence-electron chi connectivity index (χ4n) is 6.10. The maximum Gasteiger partial charge on any atom is 0.330 e. The Morgan fingerprint density at radius 1 is 1.23 bits per heavy atom. The molecule has 35 heavy (non-hydrogen) atoms. The summed E-state index contributed by atoms with van der Waals surface area (Å²) in [6.45, 7) is 5.10. The molecule has 1 saturated heterocycles. The molecule has 0 spiro atoms. The van der Waals surface area contributed by atoms with Crippen molar-refractivity contribution in [3.8, 4) is 0 Å². The minimum absolute atomic E-state index is 0.0213. The fraction of sp³-hybridized carbons (Fsp3) is 0.750.